The average Bonchev–Trinajstić information content (AvgIpc) is 2.64. The van der Waals surface area contributed by atoms with Crippen molar-refractivity contribution in [2.45, 2.75) is 13.0 Å². The lowest BCUT2D eigenvalue weighted by Crippen LogP contribution is -2.52. The molecule has 0 aliphatic carbocycles. The number of pyridine rings is 1. The monoisotopic (exact) mass is 380 g/mol. The van der Waals surface area contributed by atoms with Gasteiger partial charge in [-0.15, -0.1) is 0 Å². The molecule has 26 heavy (non-hydrogen) atoms. The SMILES string of the molecule is C[C@H](NC(=O)N1CCN(c2ccncc2F)CC1)c1cccc(F)c1Cl. The Morgan fingerprint density at radius 1 is 1.19 bits per heavy atom. The van der Waals surface area contributed by atoms with Crippen LogP contribution in [0, 0.1) is 11.6 Å². The zero-order valence-corrected chi connectivity index (χ0v) is 15.0. The Bertz CT molecular complexity index is 797. The first-order chi connectivity index (χ1) is 12.5. The molecule has 1 aromatic carbocycles. The third-order valence-corrected chi connectivity index (χ3v) is 4.85. The van der Waals surface area contributed by atoms with Crippen molar-refractivity contribution in [1.29, 1.82) is 0 Å². The van der Waals surface area contributed by atoms with Gasteiger partial charge in [-0.2, -0.15) is 0 Å². The van der Waals surface area contributed by atoms with Crippen molar-refractivity contribution in [3.63, 3.8) is 0 Å². The number of rotatable bonds is 3. The van der Waals surface area contributed by atoms with Crippen LogP contribution in [0.1, 0.15) is 18.5 Å². The fourth-order valence-electron chi connectivity index (χ4n) is 2.98. The van der Waals surface area contributed by atoms with Crippen molar-refractivity contribution in [2.75, 3.05) is 31.1 Å². The Labute approximate surface area is 155 Å². The zero-order chi connectivity index (χ0) is 18.7. The number of piperazine rings is 1. The summed E-state index contributed by atoms with van der Waals surface area (Å²) in [6.45, 7) is 3.70. The number of hydrogen-bond acceptors (Lipinski definition) is 3. The Morgan fingerprint density at radius 3 is 2.62 bits per heavy atom. The fourth-order valence-corrected chi connectivity index (χ4v) is 3.27. The molecule has 1 atom stereocenters. The molecule has 0 bridgehead atoms. The molecule has 0 unspecified atom stereocenters. The summed E-state index contributed by atoms with van der Waals surface area (Å²) in [7, 11) is 0. The standard InChI is InChI=1S/C18H19ClF2N4O/c1-12(13-3-2-4-14(20)17(13)19)23-18(26)25-9-7-24(8-10-25)16-5-6-22-11-15(16)21/h2-6,11-12H,7-10H2,1H3,(H,23,26)/t12-/m0/s1. The van der Waals surface area contributed by atoms with E-state index in [2.05, 4.69) is 10.3 Å². The highest BCUT2D eigenvalue weighted by Gasteiger charge is 2.24. The molecule has 0 radical (unpaired) electrons. The predicted octanol–water partition coefficient (Wildman–Crippen LogP) is 3.61. The maximum Gasteiger partial charge on any atom is 0.317 e. The van der Waals surface area contributed by atoms with E-state index in [9.17, 15) is 13.6 Å². The van der Waals surface area contributed by atoms with E-state index < -0.39 is 11.9 Å². The molecule has 2 heterocycles. The molecule has 138 valence electrons. The predicted molar refractivity (Wildman–Crippen MR) is 96.3 cm³/mol. The number of carbonyl (C=O) groups excluding carboxylic acids is 1. The van der Waals surface area contributed by atoms with Crippen LogP contribution in [0.3, 0.4) is 0 Å². The van der Waals surface area contributed by atoms with Crippen LogP contribution in [-0.4, -0.2) is 42.1 Å². The van der Waals surface area contributed by atoms with Crippen molar-refractivity contribution in [3.8, 4) is 0 Å². The van der Waals surface area contributed by atoms with Crippen LogP contribution in [0.25, 0.3) is 0 Å². The van der Waals surface area contributed by atoms with Crippen molar-refractivity contribution < 1.29 is 13.6 Å². The minimum Gasteiger partial charge on any atom is -0.366 e. The van der Waals surface area contributed by atoms with Gasteiger partial charge in [0.05, 0.1) is 22.9 Å². The molecule has 2 aromatic rings. The third-order valence-electron chi connectivity index (χ3n) is 4.45. The van der Waals surface area contributed by atoms with Crippen molar-refractivity contribution >= 4 is 23.3 Å². The second-order valence-corrected chi connectivity index (χ2v) is 6.49. The summed E-state index contributed by atoms with van der Waals surface area (Å²) in [6.07, 6.45) is 2.72. The van der Waals surface area contributed by atoms with Gasteiger partial charge >= 0.3 is 6.03 Å². The molecule has 1 N–H and O–H groups in total. The number of anilines is 1. The van der Waals surface area contributed by atoms with E-state index in [-0.39, 0.29) is 16.9 Å². The van der Waals surface area contributed by atoms with Gasteiger partial charge in [0, 0.05) is 32.4 Å². The number of nitrogens with one attached hydrogen (secondary N) is 1. The quantitative estimate of drug-likeness (QED) is 0.885. The van der Waals surface area contributed by atoms with E-state index in [4.69, 9.17) is 11.6 Å². The second-order valence-electron chi connectivity index (χ2n) is 6.12. The summed E-state index contributed by atoms with van der Waals surface area (Å²) in [5.74, 6) is -0.891. The van der Waals surface area contributed by atoms with Crippen LogP contribution in [0.2, 0.25) is 5.02 Å². The van der Waals surface area contributed by atoms with E-state index in [1.807, 2.05) is 4.90 Å². The normalized spacial score (nSPS) is 15.7. The Kier molecular flexibility index (Phi) is 5.56. The molecule has 1 aliphatic heterocycles. The summed E-state index contributed by atoms with van der Waals surface area (Å²) < 4.78 is 27.4. The van der Waals surface area contributed by atoms with Crippen LogP contribution in [0.15, 0.2) is 36.7 Å². The Hall–Kier alpha value is -2.41. The van der Waals surface area contributed by atoms with E-state index in [1.54, 1.807) is 36.2 Å². The number of benzene rings is 1. The minimum atomic E-state index is -0.516. The number of aromatic nitrogens is 1. The number of halogens is 3. The van der Waals surface area contributed by atoms with Crippen LogP contribution in [0.4, 0.5) is 19.3 Å². The first kappa shape index (κ1) is 18.4. The average molecular weight is 381 g/mol. The molecular formula is C18H19ClF2N4O. The Morgan fingerprint density at radius 2 is 1.92 bits per heavy atom. The van der Waals surface area contributed by atoms with Gasteiger partial charge in [-0.1, -0.05) is 23.7 Å². The van der Waals surface area contributed by atoms with Gasteiger partial charge < -0.3 is 15.1 Å². The molecule has 1 aliphatic rings. The minimum absolute atomic E-state index is 0.0123. The summed E-state index contributed by atoms with van der Waals surface area (Å²) in [4.78, 5) is 19.7. The van der Waals surface area contributed by atoms with Crippen LogP contribution >= 0.6 is 11.6 Å². The fraction of sp³-hybridized carbons (Fsp3) is 0.333. The molecule has 8 heteroatoms. The van der Waals surface area contributed by atoms with E-state index in [1.165, 1.54) is 12.3 Å². The topological polar surface area (TPSA) is 48.5 Å². The lowest BCUT2D eigenvalue weighted by Gasteiger charge is -2.36. The number of nitrogens with zero attached hydrogens (tertiary/aromatic N) is 3. The molecule has 5 nitrogen and oxygen atoms in total. The molecule has 2 amide bonds. The molecule has 1 aromatic heterocycles. The first-order valence-corrected chi connectivity index (χ1v) is 8.69. The van der Waals surface area contributed by atoms with Gasteiger partial charge in [0.1, 0.15) is 5.82 Å². The molecular weight excluding hydrogens is 362 g/mol. The lowest BCUT2D eigenvalue weighted by molar-refractivity contribution is 0.191. The number of hydrogen-bond donors (Lipinski definition) is 1. The van der Waals surface area contributed by atoms with Crippen LogP contribution in [-0.2, 0) is 0 Å². The van der Waals surface area contributed by atoms with Crippen LogP contribution in [0.5, 0.6) is 0 Å². The highest BCUT2D eigenvalue weighted by Crippen LogP contribution is 2.25. The molecule has 0 saturated carbocycles. The van der Waals surface area contributed by atoms with Crippen LogP contribution < -0.4 is 10.2 Å². The number of amides is 2. The second kappa shape index (κ2) is 7.86. The van der Waals surface area contributed by atoms with Gasteiger partial charge in [-0.25, -0.2) is 13.6 Å². The molecule has 1 fully saturated rings. The summed E-state index contributed by atoms with van der Waals surface area (Å²) in [6, 6.07) is 5.45. The van der Waals surface area contributed by atoms with Gasteiger partial charge in [0.15, 0.2) is 5.82 Å². The first-order valence-electron chi connectivity index (χ1n) is 8.31. The van der Waals surface area contributed by atoms with E-state index in [0.29, 0.717) is 37.4 Å². The van der Waals surface area contributed by atoms with Gasteiger partial charge in [-0.05, 0) is 24.6 Å². The number of urea groups is 1. The molecule has 0 spiro atoms. The van der Waals surface area contributed by atoms with E-state index in [0.717, 1.165) is 0 Å². The highest BCUT2D eigenvalue weighted by atomic mass is 35.5. The maximum absolute atomic E-state index is 13.8. The maximum atomic E-state index is 13.8. The number of carbonyl (C=O) groups is 1. The smallest absolute Gasteiger partial charge is 0.317 e. The third kappa shape index (κ3) is 3.88. The van der Waals surface area contributed by atoms with E-state index >= 15 is 0 Å². The van der Waals surface area contributed by atoms with Crippen molar-refractivity contribution in [2.24, 2.45) is 0 Å². The molecule has 1 saturated heterocycles. The van der Waals surface area contributed by atoms with Crippen molar-refractivity contribution in [1.82, 2.24) is 15.2 Å². The highest BCUT2D eigenvalue weighted by molar-refractivity contribution is 6.31. The summed E-state index contributed by atoms with van der Waals surface area (Å²) in [5, 5.41) is 2.85. The van der Waals surface area contributed by atoms with Gasteiger partial charge in [0.25, 0.3) is 0 Å². The van der Waals surface area contributed by atoms with Gasteiger partial charge in [0.2, 0.25) is 0 Å². The zero-order valence-electron chi connectivity index (χ0n) is 14.3. The lowest BCUT2D eigenvalue weighted by atomic mass is 10.1. The molecule has 3 rings (SSSR count). The summed E-state index contributed by atoms with van der Waals surface area (Å²) >= 11 is 5.97. The van der Waals surface area contributed by atoms with Gasteiger partial charge in [-0.3, -0.25) is 4.98 Å². The summed E-state index contributed by atoms with van der Waals surface area (Å²) in [5.41, 5.74) is 1.01. The van der Waals surface area contributed by atoms with Crippen molar-refractivity contribution in [3.05, 3.63) is 58.9 Å². The Balaban J connectivity index is 1.58. The largest absolute Gasteiger partial charge is 0.366 e.